The second-order valence-electron chi connectivity index (χ2n) is 5.64. The highest BCUT2D eigenvalue weighted by molar-refractivity contribution is 5.99. The van der Waals surface area contributed by atoms with Crippen molar-refractivity contribution in [2.24, 2.45) is 5.92 Å². The van der Waals surface area contributed by atoms with Gasteiger partial charge in [-0.2, -0.15) is 0 Å². The first-order valence-corrected chi connectivity index (χ1v) is 6.47. The molecule has 2 atom stereocenters. The Kier molecular flexibility index (Phi) is 2.55. The lowest BCUT2D eigenvalue weighted by atomic mass is 9.71. The van der Waals surface area contributed by atoms with Gasteiger partial charge in [-0.25, -0.2) is 0 Å². The maximum absolute atomic E-state index is 12.2. The number of fused-ring (bicyclic) bond motifs is 3. The highest BCUT2D eigenvalue weighted by Crippen LogP contribution is 2.40. The van der Waals surface area contributed by atoms with Crippen LogP contribution in [-0.2, 0) is 0 Å². The van der Waals surface area contributed by atoms with Gasteiger partial charge in [-0.15, -0.1) is 0 Å². The Morgan fingerprint density at radius 3 is 3.00 bits per heavy atom. The molecule has 0 radical (unpaired) electrons. The van der Waals surface area contributed by atoms with Crippen LogP contribution in [0.15, 0.2) is 18.2 Å². The van der Waals surface area contributed by atoms with E-state index in [-0.39, 0.29) is 0 Å². The minimum Gasteiger partial charge on any atom is -0.306 e. The van der Waals surface area contributed by atoms with E-state index < -0.39 is 0 Å². The Balaban J connectivity index is 2.05. The fraction of sp³-hybridized carbons (Fsp3) is 0.533. The van der Waals surface area contributed by atoms with Crippen molar-refractivity contribution in [3.05, 3.63) is 34.9 Å². The van der Waals surface area contributed by atoms with Gasteiger partial charge in [0.15, 0.2) is 5.78 Å². The first-order chi connectivity index (χ1) is 8.15. The minimum atomic E-state index is 0.356. The average Bonchev–Trinajstić information content (AvgIpc) is 2.30. The Hall–Kier alpha value is -1.15. The van der Waals surface area contributed by atoms with Crippen LogP contribution in [0.2, 0.25) is 0 Å². The van der Waals surface area contributed by atoms with Crippen molar-refractivity contribution in [3.8, 4) is 0 Å². The van der Waals surface area contributed by atoms with Crippen LogP contribution < -0.4 is 0 Å². The highest BCUT2D eigenvalue weighted by Gasteiger charge is 2.36. The molecule has 2 aliphatic rings. The van der Waals surface area contributed by atoms with Gasteiger partial charge >= 0.3 is 0 Å². The van der Waals surface area contributed by atoms with Crippen LogP contribution in [-0.4, -0.2) is 30.8 Å². The molecule has 1 aliphatic heterocycles. The van der Waals surface area contributed by atoms with Crippen LogP contribution in [0.5, 0.6) is 0 Å². The van der Waals surface area contributed by atoms with Crippen LogP contribution in [0.3, 0.4) is 0 Å². The van der Waals surface area contributed by atoms with Gasteiger partial charge in [0.2, 0.25) is 0 Å². The molecule has 0 unspecified atom stereocenters. The summed E-state index contributed by atoms with van der Waals surface area (Å²) in [5.41, 5.74) is 3.48. The summed E-state index contributed by atoms with van der Waals surface area (Å²) in [6.45, 7) is 4.30. The predicted octanol–water partition coefficient (Wildman–Crippen LogP) is 2.62. The third-order valence-electron chi connectivity index (χ3n) is 4.32. The first kappa shape index (κ1) is 11.0. The molecule has 1 fully saturated rings. The average molecular weight is 229 g/mol. The van der Waals surface area contributed by atoms with Gasteiger partial charge < -0.3 is 4.90 Å². The van der Waals surface area contributed by atoms with E-state index in [1.807, 2.05) is 0 Å². The molecule has 0 spiro atoms. The number of ketones is 1. The number of rotatable bonds is 0. The second-order valence-corrected chi connectivity index (χ2v) is 5.64. The first-order valence-electron chi connectivity index (χ1n) is 6.47. The van der Waals surface area contributed by atoms with E-state index in [9.17, 15) is 4.79 Å². The fourth-order valence-electron chi connectivity index (χ4n) is 3.34. The van der Waals surface area contributed by atoms with E-state index in [1.54, 1.807) is 0 Å². The molecular formula is C15H19NO. The molecule has 2 heteroatoms. The molecule has 17 heavy (non-hydrogen) atoms. The number of likely N-dealkylation sites (tertiary alicyclic amines) is 1. The van der Waals surface area contributed by atoms with Crippen molar-refractivity contribution in [1.82, 2.24) is 4.90 Å². The molecule has 3 rings (SSSR count). The lowest BCUT2D eigenvalue weighted by Gasteiger charge is -2.40. The van der Waals surface area contributed by atoms with Crippen molar-refractivity contribution in [2.45, 2.75) is 25.7 Å². The third-order valence-corrected chi connectivity index (χ3v) is 4.32. The van der Waals surface area contributed by atoms with E-state index in [2.05, 4.69) is 37.1 Å². The maximum Gasteiger partial charge on any atom is 0.163 e. The molecular weight excluding hydrogens is 210 g/mol. The standard InChI is InChI=1S/C15H19NO/c1-10-3-4-12-13(7-10)15(17)8-11-5-6-16(2)9-14(11)12/h3-4,7,11,14H,5-6,8-9H2,1-2H3/t11-,14+/m1/s1. The Morgan fingerprint density at radius 2 is 2.18 bits per heavy atom. The highest BCUT2D eigenvalue weighted by atomic mass is 16.1. The summed E-state index contributed by atoms with van der Waals surface area (Å²) in [5.74, 6) is 1.51. The molecule has 2 nitrogen and oxygen atoms in total. The summed E-state index contributed by atoms with van der Waals surface area (Å²) >= 11 is 0. The van der Waals surface area contributed by atoms with Gasteiger partial charge in [-0.1, -0.05) is 17.7 Å². The quantitative estimate of drug-likeness (QED) is 0.681. The monoisotopic (exact) mass is 229 g/mol. The van der Waals surface area contributed by atoms with Crippen LogP contribution in [0.25, 0.3) is 0 Å². The SMILES string of the molecule is Cc1ccc2c(c1)C(=O)C[C@H]1CCN(C)C[C@H]21. The summed E-state index contributed by atoms with van der Waals surface area (Å²) in [6, 6.07) is 6.39. The lowest BCUT2D eigenvalue weighted by molar-refractivity contribution is 0.0887. The smallest absolute Gasteiger partial charge is 0.163 e. The van der Waals surface area contributed by atoms with E-state index in [1.165, 1.54) is 17.5 Å². The molecule has 0 aromatic heterocycles. The zero-order valence-corrected chi connectivity index (χ0v) is 10.6. The summed E-state index contributed by atoms with van der Waals surface area (Å²) < 4.78 is 0. The summed E-state index contributed by atoms with van der Waals surface area (Å²) in [7, 11) is 2.18. The maximum atomic E-state index is 12.2. The van der Waals surface area contributed by atoms with Crippen molar-refractivity contribution < 1.29 is 4.79 Å². The van der Waals surface area contributed by atoms with E-state index in [4.69, 9.17) is 0 Å². The lowest BCUT2D eigenvalue weighted by Crippen LogP contribution is -2.40. The second kappa shape index (κ2) is 3.95. The van der Waals surface area contributed by atoms with E-state index >= 15 is 0 Å². The van der Waals surface area contributed by atoms with Crippen LogP contribution >= 0.6 is 0 Å². The molecule has 1 aliphatic carbocycles. The van der Waals surface area contributed by atoms with Crippen molar-refractivity contribution in [3.63, 3.8) is 0 Å². The number of carbonyl (C=O) groups excluding carboxylic acids is 1. The molecule has 0 bridgehead atoms. The molecule has 1 aromatic rings. The zero-order valence-electron chi connectivity index (χ0n) is 10.6. The largest absolute Gasteiger partial charge is 0.306 e. The number of nitrogens with zero attached hydrogens (tertiary/aromatic N) is 1. The van der Waals surface area contributed by atoms with Crippen molar-refractivity contribution in [2.75, 3.05) is 20.1 Å². The number of hydrogen-bond donors (Lipinski definition) is 0. The molecule has 1 aromatic carbocycles. The molecule has 0 N–H and O–H groups in total. The number of Topliss-reactive ketones (excluding diaryl/α,β-unsaturated/α-hetero) is 1. The van der Waals surface area contributed by atoms with Gasteiger partial charge in [-0.3, -0.25) is 4.79 Å². The molecule has 1 saturated heterocycles. The van der Waals surface area contributed by atoms with E-state index in [0.29, 0.717) is 17.6 Å². The number of carbonyl (C=O) groups is 1. The van der Waals surface area contributed by atoms with Gasteiger partial charge in [-0.05, 0) is 44.5 Å². The molecule has 90 valence electrons. The predicted molar refractivity (Wildman–Crippen MR) is 68.5 cm³/mol. The number of aryl methyl sites for hydroxylation is 1. The molecule has 1 heterocycles. The van der Waals surface area contributed by atoms with Gasteiger partial charge in [0.25, 0.3) is 0 Å². The Bertz CT molecular complexity index is 466. The fourth-order valence-corrected chi connectivity index (χ4v) is 3.34. The van der Waals surface area contributed by atoms with Crippen LogP contribution in [0.4, 0.5) is 0 Å². The number of piperidine rings is 1. The van der Waals surface area contributed by atoms with Crippen LogP contribution in [0.1, 0.15) is 40.2 Å². The zero-order chi connectivity index (χ0) is 12.0. The van der Waals surface area contributed by atoms with Gasteiger partial charge in [0, 0.05) is 24.4 Å². The number of hydrogen-bond acceptors (Lipinski definition) is 2. The topological polar surface area (TPSA) is 20.3 Å². The normalized spacial score (nSPS) is 28.7. The Labute approximate surface area is 103 Å². The summed E-state index contributed by atoms with van der Waals surface area (Å²) in [6.07, 6.45) is 1.93. The molecule has 0 amide bonds. The number of likely N-dealkylation sites (N-methyl/N-ethyl adjacent to an activating group) is 1. The molecule has 0 saturated carbocycles. The third kappa shape index (κ3) is 1.81. The van der Waals surface area contributed by atoms with E-state index in [0.717, 1.165) is 25.1 Å². The van der Waals surface area contributed by atoms with Gasteiger partial charge in [0.1, 0.15) is 0 Å². The van der Waals surface area contributed by atoms with Crippen molar-refractivity contribution >= 4 is 5.78 Å². The van der Waals surface area contributed by atoms with Crippen molar-refractivity contribution in [1.29, 1.82) is 0 Å². The summed E-state index contributed by atoms with van der Waals surface area (Å²) in [4.78, 5) is 14.6. The minimum absolute atomic E-state index is 0.356. The Morgan fingerprint density at radius 1 is 1.35 bits per heavy atom. The van der Waals surface area contributed by atoms with Crippen LogP contribution in [0, 0.1) is 12.8 Å². The summed E-state index contributed by atoms with van der Waals surface area (Å²) in [5, 5.41) is 0. The van der Waals surface area contributed by atoms with Gasteiger partial charge in [0.05, 0.1) is 0 Å². The number of benzene rings is 1.